The van der Waals surface area contributed by atoms with Gasteiger partial charge in [-0.3, -0.25) is 0 Å². The fourth-order valence-electron chi connectivity index (χ4n) is 13.9. The number of hydrogen-bond acceptors (Lipinski definition) is 1. The topological polar surface area (TPSA) is 3.24 Å². The number of anilines is 3. The standard InChI is InChI=1S/C70H43N/c1-2-16-44(17-3-1)45-30-33-49(34-31-45)71(50-35-37-57-55-24-10-14-28-62(55)70(66(57)42-50)63-29-15-11-25-56(63)59-40-47-19-4-5-20-48(47)41-65(59)70)51-36-38-58-67(43-51)69(64-39-32-46-18-6-7-21-52(46)68(58)64)60-26-12-8-22-53(60)54-23-9-13-27-61(54)69/h1-43H. The SMILES string of the molecule is c1ccc(-c2ccc(N(c3ccc4c(c3)C3(c5ccccc5-4)c4ccccc4-c4cc5ccccc5cc43)c3ccc4c(c3)C3(c5ccccc5-c5ccccc53)c3ccc5ccccc5c3-4)cc2)cc1. The van der Waals surface area contributed by atoms with Crippen LogP contribution in [0.5, 0.6) is 0 Å². The van der Waals surface area contributed by atoms with Crippen LogP contribution < -0.4 is 4.90 Å². The van der Waals surface area contributed by atoms with E-state index in [1.54, 1.807) is 0 Å². The highest BCUT2D eigenvalue weighted by atomic mass is 15.1. The highest BCUT2D eigenvalue weighted by Gasteiger charge is 2.54. The van der Waals surface area contributed by atoms with Crippen molar-refractivity contribution < 1.29 is 0 Å². The molecule has 0 heterocycles. The highest BCUT2D eigenvalue weighted by Crippen LogP contribution is 2.66. The van der Waals surface area contributed by atoms with E-state index in [4.69, 9.17) is 0 Å². The fourth-order valence-corrected chi connectivity index (χ4v) is 13.9. The fraction of sp³-hybridized carbons (Fsp3) is 0.0286. The molecule has 0 bridgehead atoms. The Morgan fingerprint density at radius 1 is 0.225 bits per heavy atom. The molecule has 71 heavy (non-hydrogen) atoms. The number of hydrogen-bond donors (Lipinski definition) is 0. The van der Waals surface area contributed by atoms with E-state index in [2.05, 4.69) is 266 Å². The van der Waals surface area contributed by atoms with Gasteiger partial charge in [-0.15, -0.1) is 0 Å². The molecule has 328 valence electrons. The van der Waals surface area contributed by atoms with Crippen LogP contribution in [0, 0.1) is 0 Å². The first kappa shape index (κ1) is 38.9. The van der Waals surface area contributed by atoms with Gasteiger partial charge in [-0.2, -0.15) is 0 Å². The van der Waals surface area contributed by atoms with E-state index < -0.39 is 10.8 Å². The molecule has 0 fully saturated rings. The van der Waals surface area contributed by atoms with Crippen molar-refractivity contribution in [2.75, 3.05) is 4.90 Å². The zero-order valence-corrected chi connectivity index (χ0v) is 38.8. The monoisotopic (exact) mass is 897 g/mol. The van der Waals surface area contributed by atoms with E-state index in [0.717, 1.165) is 17.1 Å². The third-order valence-electron chi connectivity index (χ3n) is 16.7. The van der Waals surface area contributed by atoms with Crippen LogP contribution in [0.15, 0.2) is 261 Å². The van der Waals surface area contributed by atoms with Crippen LogP contribution in [0.1, 0.15) is 44.5 Å². The molecule has 12 aromatic carbocycles. The summed E-state index contributed by atoms with van der Waals surface area (Å²) in [5.41, 5.74) is 25.9. The summed E-state index contributed by atoms with van der Waals surface area (Å²) in [4.78, 5) is 2.52. The van der Waals surface area contributed by atoms with Gasteiger partial charge >= 0.3 is 0 Å². The minimum Gasteiger partial charge on any atom is -0.310 e. The first-order chi connectivity index (χ1) is 35.2. The van der Waals surface area contributed by atoms with E-state index in [9.17, 15) is 0 Å². The van der Waals surface area contributed by atoms with Crippen LogP contribution in [0.3, 0.4) is 0 Å². The Kier molecular flexibility index (Phi) is 7.81. The van der Waals surface area contributed by atoms with Crippen LogP contribution in [0.25, 0.3) is 77.2 Å². The van der Waals surface area contributed by atoms with Crippen molar-refractivity contribution in [3.63, 3.8) is 0 Å². The van der Waals surface area contributed by atoms with Crippen molar-refractivity contribution in [3.05, 3.63) is 305 Å². The molecule has 0 aliphatic heterocycles. The first-order valence-electron chi connectivity index (χ1n) is 24.9. The van der Waals surface area contributed by atoms with Gasteiger partial charge in [-0.05, 0) is 170 Å². The number of nitrogens with zero attached hydrogens (tertiary/aromatic N) is 1. The molecule has 0 amide bonds. The van der Waals surface area contributed by atoms with Crippen LogP contribution >= 0.6 is 0 Å². The zero-order valence-electron chi connectivity index (χ0n) is 38.8. The maximum atomic E-state index is 2.54. The summed E-state index contributed by atoms with van der Waals surface area (Å²) in [6.07, 6.45) is 0. The lowest BCUT2D eigenvalue weighted by atomic mass is 9.70. The zero-order chi connectivity index (χ0) is 46.4. The molecule has 1 heteroatoms. The lowest BCUT2D eigenvalue weighted by Crippen LogP contribution is -2.26. The van der Waals surface area contributed by atoms with Crippen LogP contribution in [-0.2, 0) is 10.8 Å². The Bertz CT molecular complexity index is 4190. The second-order valence-corrected chi connectivity index (χ2v) is 19.8. The molecule has 0 N–H and O–H groups in total. The summed E-state index contributed by atoms with van der Waals surface area (Å²) >= 11 is 0. The largest absolute Gasteiger partial charge is 0.310 e. The summed E-state index contributed by atoms with van der Waals surface area (Å²) in [6.45, 7) is 0. The molecule has 1 atom stereocenters. The smallest absolute Gasteiger partial charge is 0.0726 e. The van der Waals surface area contributed by atoms with E-state index in [0.29, 0.717) is 0 Å². The van der Waals surface area contributed by atoms with Gasteiger partial charge in [-0.25, -0.2) is 0 Å². The number of fused-ring (bicyclic) bond motifs is 23. The van der Waals surface area contributed by atoms with E-state index in [1.165, 1.54) is 122 Å². The van der Waals surface area contributed by atoms with Crippen molar-refractivity contribution in [1.29, 1.82) is 0 Å². The van der Waals surface area contributed by atoms with Gasteiger partial charge < -0.3 is 4.90 Å². The van der Waals surface area contributed by atoms with Crippen LogP contribution in [0.2, 0.25) is 0 Å². The Hall–Kier alpha value is -9.04. The molecule has 0 saturated heterocycles. The van der Waals surface area contributed by atoms with Gasteiger partial charge in [0.1, 0.15) is 0 Å². The average Bonchev–Trinajstić information content (AvgIpc) is 4.11. The molecule has 0 saturated carbocycles. The molecular weight excluding hydrogens is 855 g/mol. The molecule has 12 aromatic rings. The van der Waals surface area contributed by atoms with Crippen molar-refractivity contribution in [1.82, 2.24) is 0 Å². The van der Waals surface area contributed by atoms with Crippen LogP contribution in [0.4, 0.5) is 17.1 Å². The summed E-state index contributed by atoms with van der Waals surface area (Å²) in [6, 6.07) is 98.7. The summed E-state index contributed by atoms with van der Waals surface area (Å²) in [7, 11) is 0. The Morgan fingerprint density at radius 3 is 1.27 bits per heavy atom. The maximum Gasteiger partial charge on any atom is 0.0726 e. The molecule has 1 nitrogen and oxygen atoms in total. The van der Waals surface area contributed by atoms with E-state index in [-0.39, 0.29) is 0 Å². The highest BCUT2D eigenvalue weighted by molar-refractivity contribution is 6.07. The van der Waals surface area contributed by atoms with Gasteiger partial charge in [0.15, 0.2) is 0 Å². The lowest BCUT2D eigenvalue weighted by molar-refractivity contribution is 0.793. The minimum atomic E-state index is -0.511. The van der Waals surface area contributed by atoms with Gasteiger partial charge in [0.05, 0.1) is 10.8 Å². The van der Waals surface area contributed by atoms with Gasteiger partial charge in [-0.1, -0.05) is 212 Å². The van der Waals surface area contributed by atoms with Crippen molar-refractivity contribution in [2.24, 2.45) is 0 Å². The Balaban J connectivity index is 0.977. The van der Waals surface area contributed by atoms with E-state index >= 15 is 0 Å². The Labute approximate surface area is 413 Å². The van der Waals surface area contributed by atoms with Crippen molar-refractivity contribution in [2.45, 2.75) is 10.8 Å². The van der Waals surface area contributed by atoms with Crippen molar-refractivity contribution >= 4 is 38.6 Å². The molecule has 0 radical (unpaired) electrons. The van der Waals surface area contributed by atoms with Gasteiger partial charge in [0.25, 0.3) is 0 Å². The number of rotatable bonds is 4. The summed E-state index contributed by atoms with van der Waals surface area (Å²) < 4.78 is 0. The second kappa shape index (κ2) is 14.3. The second-order valence-electron chi connectivity index (χ2n) is 19.8. The minimum absolute atomic E-state index is 0.510. The first-order valence-corrected chi connectivity index (χ1v) is 24.9. The molecule has 2 spiro atoms. The maximum absolute atomic E-state index is 2.54. The molecule has 0 aromatic heterocycles. The molecule has 4 aliphatic rings. The van der Waals surface area contributed by atoms with Gasteiger partial charge in [0, 0.05) is 17.1 Å². The normalized spacial score (nSPS) is 15.5. The lowest BCUT2D eigenvalue weighted by Gasteiger charge is -2.33. The van der Waals surface area contributed by atoms with Gasteiger partial charge in [0.2, 0.25) is 0 Å². The van der Waals surface area contributed by atoms with E-state index in [1.807, 2.05) is 0 Å². The third-order valence-corrected chi connectivity index (χ3v) is 16.7. The van der Waals surface area contributed by atoms with Crippen LogP contribution in [-0.4, -0.2) is 0 Å². The number of benzene rings is 12. The predicted molar refractivity (Wildman–Crippen MR) is 294 cm³/mol. The molecule has 1 unspecified atom stereocenters. The van der Waals surface area contributed by atoms with Crippen molar-refractivity contribution in [3.8, 4) is 55.6 Å². The average molecular weight is 898 g/mol. The summed E-state index contributed by atoms with van der Waals surface area (Å²) in [5.74, 6) is 0. The molecule has 4 aliphatic carbocycles. The summed E-state index contributed by atoms with van der Waals surface area (Å²) in [5, 5.41) is 5.07. The quantitative estimate of drug-likeness (QED) is 0.170. The predicted octanol–water partition coefficient (Wildman–Crippen LogP) is 17.8. The molecular formula is C70H43N. The third kappa shape index (κ3) is 5.00. The molecule has 16 rings (SSSR count). The Morgan fingerprint density at radius 2 is 0.648 bits per heavy atom.